The van der Waals surface area contributed by atoms with Crippen molar-refractivity contribution in [1.82, 2.24) is 9.55 Å². The summed E-state index contributed by atoms with van der Waals surface area (Å²) in [6.45, 7) is 10.7. The highest BCUT2D eigenvalue weighted by atomic mass is 16.4. The fourth-order valence-corrected chi connectivity index (χ4v) is 2.03. The first-order valence-corrected chi connectivity index (χ1v) is 7.02. The van der Waals surface area contributed by atoms with Gasteiger partial charge in [0.1, 0.15) is 5.84 Å². The summed E-state index contributed by atoms with van der Waals surface area (Å²) in [7, 11) is 0. The van der Waals surface area contributed by atoms with Gasteiger partial charge in [-0.05, 0) is 27.7 Å². The van der Waals surface area contributed by atoms with Gasteiger partial charge in [-0.2, -0.15) is 0 Å². The fourth-order valence-electron chi connectivity index (χ4n) is 2.03. The average molecular weight is 295 g/mol. The van der Waals surface area contributed by atoms with Crippen LogP contribution in [0.5, 0.6) is 0 Å². The summed E-state index contributed by atoms with van der Waals surface area (Å²) in [6, 6.07) is 0. The van der Waals surface area contributed by atoms with E-state index >= 15 is 0 Å². The highest BCUT2D eigenvalue weighted by molar-refractivity contribution is 5.82. The number of anilines is 1. The Hall–Kier alpha value is -2.05. The predicted octanol–water partition coefficient (Wildman–Crippen LogP) is 1.21. The molecule has 1 unspecified atom stereocenters. The van der Waals surface area contributed by atoms with Crippen LogP contribution in [0.2, 0.25) is 0 Å². The van der Waals surface area contributed by atoms with Crippen LogP contribution in [0, 0.1) is 5.92 Å². The van der Waals surface area contributed by atoms with Crippen molar-refractivity contribution in [2.75, 3.05) is 18.0 Å². The minimum atomic E-state index is -0.314. The first-order chi connectivity index (χ1) is 9.72. The Bertz CT molecular complexity index is 559. The minimum absolute atomic E-state index is 0.139. The molecule has 1 atom stereocenters. The van der Waals surface area contributed by atoms with Gasteiger partial charge in [0.15, 0.2) is 5.82 Å². The second-order valence-electron chi connectivity index (χ2n) is 6.06. The highest BCUT2D eigenvalue weighted by Gasteiger charge is 2.21. The number of hydrogen-bond donors (Lipinski definition) is 2. The minimum Gasteiger partial charge on any atom is -0.409 e. The lowest BCUT2D eigenvalue weighted by molar-refractivity contribution is 0.314. The molecule has 0 saturated carbocycles. The molecule has 0 amide bonds. The van der Waals surface area contributed by atoms with E-state index in [4.69, 9.17) is 10.9 Å². The Morgan fingerprint density at radius 2 is 2.19 bits per heavy atom. The van der Waals surface area contributed by atoms with Crippen molar-refractivity contribution in [3.63, 3.8) is 0 Å². The third-order valence-corrected chi connectivity index (χ3v) is 3.34. The van der Waals surface area contributed by atoms with Crippen LogP contribution in [0.1, 0.15) is 34.6 Å². The van der Waals surface area contributed by atoms with Gasteiger partial charge in [-0.3, -0.25) is 4.79 Å². The van der Waals surface area contributed by atoms with E-state index in [0.717, 1.165) is 0 Å². The molecule has 0 saturated heterocycles. The molecule has 0 aliphatic rings. The van der Waals surface area contributed by atoms with E-state index in [1.165, 1.54) is 0 Å². The molecule has 7 nitrogen and oxygen atoms in total. The molecule has 0 aliphatic heterocycles. The Labute approximate surface area is 125 Å². The molecule has 0 bridgehead atoms. The molecular weight excluding hydrogens is 270 g/mol. The third-order valence-electron chi connectivity index (χ3n) is 3.34. The van der Waals surface area contributed by atoms with Crippen LogP contribution in [-0.4, -0.2) is 33.7 Å². The monoisotopic (exact) mass is 295 g/mol. The Morgan fingerprint density at radius 3 is 2.67 bits per heavy atom. The van der Waals surface area contributed by atoms with Crippen molar-refractivity contribution < 1.29 is 5.21 Å². The maximum atomic E-state index is 12.6. The normalized spacial score (nSPS) is 14.0. The summed E-state index contributed by atoms with van der Waals surface area (Å²) >= 11 is 0. The fraction of sp³-hybridized carbons (Fsp3) is 0.643. The lowest BCUT2D eigenvalue weighted by Gasteiger charge is -2.27. The van der Waals surface area contributed by atoms with E-state index in [0.29, 0.717) is 18.9 Å². The van der Waals surface area contributed by atoms with Crippen molar-refractivity contribution >= 4 is 11.7 Å². The van der Waals surface area contributed by atoms with Crippen molar-refractivity contribution in [1.29, 1.82) is 0 Å². The molecule has 3 N–H and O–H groups in total. The topological polar surface area (TPSA) is 96.7 Å². The first kappa shape index (κ1) is 17.0. The van der Waals surface area contributed by atoms with Gasteiger partial charge in [0.2, 0.25) is 0 Å². The summed E-state index contributed by atoms with van der Waals surface area (Å²) in [5.41, 5.74) is 5.15. The smallest absolute Gasteiger partial charge is 0.293 e. The summed E-state index contributed by atoms with van der Waals surface area (Å²) < 4.78 is 1.66. The van der Waals surface area contributed by atoms with Gasteiger partial charge < -0.3 is 20.4 Å². The molecule has 21 heavy (non-hydrogen) atoms. The van der Waals surface area contributed by atoms with Gasteiger partial charge in [0, 0.05) is 36.9 Å². The van der Waals surface area contributed by atoms with E-state index < -0.39 is 0 Å². The van der Waals surface area contributed by atoms with Gasteiger partial charge in [-0.1, -0.05) is 12.1 Å². The van der Waals surface area contributed by atoms with E-state index in [1.807, 2.05) is 39.5 Å². The zero-order chi connectivity index (χ0) is 16.2. The second-order valence-corrected chi connectivity index (χ2v) is 6.06. The van der Waals surface area contributed by atoms with Crippen LogP contribution in [0.15, 0.2) is 22.3 Å². The Morgan fingerprint density at radius 1 is 1.57 bits per heavy atom. The molecule has 1 rings (SSSR count). The van der Waals surface area contributed by atoms with E-state index in [-0.39, 0.29) is 22.9 Å². The number of amidine groups is 1. The number of oxime groups is 1. The van der Waals surface area contributed by atoms with Crippen LogP contribution in [0.3, 0.4) is 0 Å². The Balaban J connectivity index is 3.16. The van der Waals surface area contributed by atoms with Crippen molar-refractivity contribution in [2.24, 2.45) is 16.8 Å². The maximum absolute atomic E-state index is 12.6. The summed E-state index contributed by atoms with van der Waals surface area (Å²) in [6.07, 6.45) is 3.31. The van der Waals surface area contributed by atoms with Gasteiger partial charge in [-0.15, -0.1) is 0 Å². The maximum Gasteiger partial charge on any atom is 0.293 e. The van der Waals surface area contributed by atoms with Gasteiger partial charge >= 0.3 is 0 Å². The lowest BCUT2D eigenvalue weighted by Crippen LogP contribution is -2.41. The molecule has 1 aromatic heterocycles. The van der Waals surface area contributed by atoms with Gasteiger partial charge in [-0.25, -0.2) is 4.98 Å². The van der Waals surface area contributed by atoms with Gasteiger partial charge in [0.25, 0.3) is 5.56 Å². The standard InChI is InChI=1S/C14H25N5O2/c1-6-18(9-10(2)11(15)17-21)12-13(20)19(8-7-16-12)14(3,4)5/h7-8,10,21H,6,9H2,1-5H3,(H2,15,17). The molecule has 0 aliphatic carbocycles. The quantitative estimate of drug-likeness (QED) is 0.368. The number of rotatable bonds is 5. The van der Waals surface area contributed by atoms with E-state index in [1.54, 1.807) is 17.0 Å². The van der Waals surface area contributed by atoms with Crippen LogP contribution < -0.4 is 16.2 Å². The largest absolute Gasteiger partial charge is 0.409 e. The molecular formula is C14H25N5O2. The zero-order valence-electron chi connectivity index (χ0n) is 13.4. The van der Waals surface area contributed by atoms with Crippen molar-refractivity contribution in [2.45, 2.75) is 40.2 Å². The summed E-state index contributed by atoms with van der Waals surface area (Å²) in [4.78, 5) is 18.6. The molecule has 0 fully saturated rings. The average Bonchev–Trinajstić information content (AvgIpc) is 2.42. The Kier molecular flexibility index (Phi) is 5.34. The predicted molar refractivity (Wildman–Crippen MR) is 84.0 cm³/mol. The molecule has 0 aromatic carbocycles. The van der Waals surface area contributed by atoms with Crippen LogP contribution in [0.25, 0.3) is 0 Å². The number of aromatic nitrogens is 2. The van der Waals surface area contributed by atoms with Gasteiger partial charge in [0.05, 0.1) is 0 Å². The molecule has 7 heteroatoms. The lowest BCUT2D eigenvalue weighted by atomic mass is 10.1. The zero-order valence-corrected chi connectivity index (χ0v) is 13.4. The first-order valence-electron chi connectivity index (χ1n) is 7.02. The van der Waals surface area contributed by atoms with Crippen LogP contribution in [-0.2, 0) is 5.54 Å². The number of nitrogens with zero attached hydrogens (tertiary/aromatic N) is 4. The van der Waals surface area contributed by atoms with E-state index in [2.05, 4.69) is 10.1 Å². The summed E-state index contributed by atoms with van der Waals surface area (Å²) in [5.74, 6) is 0.340. The SMILES string of the molecule is CCN(CC(C)C(N)=NO)c1nccn(C(C)(C)C)c1=O. The van der Waals surface area contributed by atoms with Crippen molar-refractivity contribution in [3.8, 4) is 0 Å². The van der Waals surface area contributed by atoms with Crippen LogP contribution in [0.4, 0.5) is 5.82 Å². The highest BCUT2D eigenvalue weighted by Crippen LogP contribution is 2.13. The third kappa shape index (κ3) is 3.96. The molecule has 118 valence electrons. The van der Waals surface area contributed by atoms with Crippen LogP contribution >= 0.6 is 0 Å². The number of nitrogens with two attached hydrogens (primary N) is 1. The van der Waals surface area contributed by atoms with E-state index in [9.17, 15) is 4.79 Å². The molecule has 1 heterocycles. The molecule has 0 radical (unpaired) electrons. The number of hydrogen-bond acceptors (Lipinski definition) is 5. The second kappa shape index (κ2) is 6.60. The summed E-state index contributed by atoms with van der Waals surface area (Å²) in [5, 5.41) is 11.7. The molecule has 0 spiro atoms. The van der Waals surface area contributed by atoms with Crippen molar-refractivity contribution in [3.05, 3.63) is 22.7 Å². The molecule has 1 aromatic rings.